The van der Waals surface area contributed by atoms with Crippen LogP contribution in [0, 0.1) is 0 Å². The molecule has 0 amide bonds. The van der Waals surface area contributed by atoms with Gasteiger partial charge in [-0.2, -0.15) is 0 Å². The third kappa shape index (κ3) is 3.45. The van der Waals surface area contributed by atoms with Gasteiger partial charge in [0.05, 0.1) is 28.6 Å². The zero-order chi connectivity index (χ0) is 17.4. The second-order valence-electron chi connectivity index (χ2n) is 7.23. The molecule has 4 rings (SSSR count). The average molecular weight is 363 g/mol. The van der Waals surface area contributed by atoms with Crippen LogP contribution in [0.3, 0.4) is 0 Å². The molecule has 2 aliphatic rings. The van der Waals surface area contributed by atoms with E-state index >= 15 is 0 Å². The maximum Gasteiger partial charge on any atom is 0.175 e. The molecule has 1 unspecified atom stereocenters. The maximum atomic E-state index is 11.8. The van der Waals surface area contributed by atoms with E-state index in [1.165, 1.54) is 38.4 Å². The van der Waals surface area contributed by atoms with Gasteiger partial charge in [-0.05, 0) is 31.0 Å². The Morgan fingerprint density at radius 1 is 1.28 bits per heavy atom. The Labute approximate surface area is 148 Å². The molecule has 136 valence electrons. The van der Waals surface area contributed by atoms with Crippen LogP contribution in [0.5, 0.6) is 0 Å². The first kappa shape index (κ1) is 17.0. The van der Waals surface area contributed by atoms with Gasteiger partial charge in [-0.15, -0.1) is 0 Å². The van der Waals surface area contributed by atoms with Gasteiger partial charge in [-0.1, -0.05) is 19.3 Å². The predicted octanol–water partition coefficient (Wildman–Crippen LogP) is 2.43. The minimum absolute atomic E-state index is 0.194. The Morgan fingerprint density at radius 3 is 2.84 bits per heavy atom. The number of ether oxygens (including phenoxy) is 1. The second-order valence-corrected chi connectivity index (χ2v) is 9.25. The Balaban J connectivity index is 1.61. The number of benzene rings is 1. The van der Waals surface area contributed by atoms with Crippen LogP contribution in [0.1, 0.15) is 44.0 Å². The number of aromatic nitrogens is 2. The van der Waals surface area contributed by atoms with Crippen molar-refractivity contribution in [3.05, 3.63) is 24.0 Å². The fourth-order valence-electron chi connectivity index (χ4n) is 3.99. The number of fused-ring (bicyclic) bond motifs is 3. The summed E-state index contributed by atoms with van der Waals surface area (Å²) in [7, 11) is -3.23. The van der Waals surface area contributed by atoms with Crippen LogP contribution in [0.2, 0.25) is 0 Å². The highest BCUT2D eigenvalue weighted by Gasteiger charge is 2.25. The first-order valence-corrected chi connectivity index (χ1v) is 10.9. The van der Waals surface area contributed by atoms with E-state index in [0.717, 1.165) is 23.4 Å². The normalized spacial score (nSPS) is 22.2. The summed E-state index contributed by atoms with van der Waals surface area (Å²) < 4.78 is 31.5. The van der Waals surface area contributed by atoms with Gasteiger partial charge in [0, 0.05) is 18.8 Å². The van der Waals surface area contributed by atoms with Crippen LogP contribution in [-0.2, 0) is 21.2 Å². The van der Waals surface area contributed by atoms with Gasteiger partial charge in [-0.25, -0.2) is 13.4 Å². The zero-order valence-corrected chi connectivity index (χ0v) is 15.4. The van der Waals surface area contributed by atoms with Crippen molar-refractivity contribution >= 4 is 20.9 Å². The van der Waals surface area contributed by atoms with Crippen LogP contribution in [0.4, 0.5) is 0 Å². The van der Waals surface area contributed by atoms with Gasteiger partial charge >= 0.3 is 0 Å². The fourth-order valence-corrected chi connectivity index (χ4v) is 4.63. The summed E-state index contributed by atoms with van der Waals surface area (Å²) in [6.45, 7) is 1.99. The van der Waals surface area contributed by atoms with Crippen molar-refractivity contribution in [3.8, 4) is 0 Å². The molecule has 25 heavy (non-hydrogen) atoms. The molecule has 1 N–H and O–H groups in total. The van der Waals surface area contributed by atoms with Crippen molar-refractivity contribution in [2.24, 2.45) is 0 Å². The summed E-state index contributed by atoms with van der Waals surface area (Å²) in [6.07, 6.45) is 7.71. The van der Waals surface area contributed by atoms with Gasteiger partial charge in [0.1, 0.15) is 12.4 Å². The summed E-state index contributed by atoms with van der Waals surface area (Å²) in [5.74, 6) is 0.877. The first-order valence-electron chi connectivity index (χ1n) is 9.04. The van der Waals surface area contributed by atoms with Crippen LogP contribution >= 0.6 is 0 Å². The van der Waals surface area contributed by atoms with Crippen LogP contribution in [-0.4, -0.2) is 43.4 Å². The molecule has 1 aromatic heterocycles. The Kier molecular flexibility index (Phi) is 4.56. The molecule has 0 spiro atoms. The number of hydrogen-bond donors (Lipinski definition) is 1. The summed E-state index contributed by atoms with van der Waals surface area (Å²) in [5.41, 5.74) is 1.72. The third-order valence-corrected chi connectivity index (χ3v) is 6.43. The van der Waals surface area contributed by atoms with Crippen LogP contribution < -0.4 is 5.32 Å². The average Bonchev–Trinajstić information content (AvgIpc) is 2.98. The monoisotopic (exact) mass is 363 g/mol. The minimum Gasteiger partial charge on any atom is -0.371 e. The predicted molar refractivity (Wildman–Crippen MR) is 96.4 cm³/mol. The number of nitrogens with zero attached hydrogens (tertiary/aromatic N) is 2. The molecule has 7 heteroatoms. The van der Waals surface area contributed by atoms with Crippen LogP contribution in [0.25, 0.3) is 11.0 Å². The molecule has 2 heterocycles. The van der Waals surface area contributed by atoms with E-state index in [4.69, 9.17) is 4.74 Å². The molecule has 1 aromatic carbocycles. The van der Waals surface area contributed by atoms with Crippen molar-refractivity contribution in [3.63, 3.8) is 0 Å². The number of imidazole rings is 1. The van der Waals surface area contributed by atoms with E-state index in [2.05, 4.69) is 14.9 Å². The fraction of sp³-hybridized carbons (Fsp3) is 0.611. The Hall–Kier alpha value is -1.44. The van der Waals surface area contributed by atoms with Gasteiger partial charge in [0.15, 0.2) is 9.84 Å². The summed E-state index contributed by atoms with van der Waals surface area (Å²) in [6, 6.07) is 6.02. The quantitative estimate of drug-likeness (QED) is 0.903. The molecule has 1 aliphatic carbocycles. The van der Waals surface area contributed by atoms with Gasteiger partial charge < -0.3 is 14.6 Å². The van der Waals surface area contributed by atoms with Crippen LogP contribution in [0.15, 0.2) is 23.1 Å². The third-order valence-electron chi connectivity index (χ3n) is 5.32. The molecule has 1 aliphatic heterocycles. The first-order chi connectivity index (χ1) is 12.0. The number of sulfone groups is 1. The topological polar surface area (TPSA) is 73.2 Å². The summed E-state index contributed by atoms with van der Waals surface area (Å²) in [4.78, 5) is 4.93. The molecule has 1 atom stereocenters. The molecule has 0 radical (unpaired) electrons. The Morgan fingerprint density at radius 2 is 2.08 bits per heavy atom. The van der Waals surface area contributed by atoms with E-state index in [-0.39, 0.29) is 6.04 Å². The van der Waals surface area contributed by atoms with Crippen molar-refractivity contribution in [1.82, 2.24) is 14.9 Å². The van der Waals surface area contributed by atoms with E-state index < -0.39 is 9.84 Å². The SMILES string of the molecule is CS(=O)(=O)c1ccc2c(c1)nc1n2C(CNC2CCCCC2)COC1. The smallest absolute Gasteiger partial charge is 0.175 e. The number of rotatable bonds is 4. The zero-order valence-electron chi connectivity index (χ0n) is 14.6. The molecule has 6 nitrogen and oxygen atoms in total. The molecule has 2 aromatic rings. The lowest BCUT2D eigenvalue weighted by atomic mass is 9.95. The molecule has 1 fully saturated rings. The molecule has 0 bridgehead atoms. The van der Waals surface area contributed by atoms with E-state index in [9.17, 15) is 8.42 Å². The largest absolute Gasteiger partial charge is 0.371 e. The number of hydrogen-bond acceptors (Lipinski definition) is 5. The van der Waals surface area contributed by atoms with Gasteiger partial charge in [0.25, 0.3) is 0 Å². The number of nitrogens with one attached hydrogen (secondary N) is 1. The van der Waals surface area contributed by atoms with E-state index in [0.29, 0.717) is 24.2 Å². The highest BCUT2D eigenvalue weighted by atomic mass is 32.2. The lowest BCUT2D eigenvalue weighted by Gasteiger charge is -2.30. The standard InChI is InChI=1S/C18H25N3O3S/c1-25(22,23)15-7-8-17-16(9-15)20-18-12-24-11-14(21(17)18)10-19-13-5-3-2-4-6-13/h7-9,13-14,19H,2-6,10-12H2,1H3. The maximum absolute atomic E-state index is 11.8. The minimum atomic E-state index is -3.23. The molecule has 0 saturated heterocycles. The van der Waals surface area contributed by atoms with Crippen molar-refractivity contribution < 1.29 is 13.2 Å². The van der Waals surface area contributed by atoms with Crippen molar-refractivity contribution in [2.75, 3.05) is 19.4 Å². The highest BCUT2D eigenvalue weighted by molar-refractivity contribution is 7.90. The molecular weight excluding hydrogens is 338 g/mol. The van der Waals surface area contributed by atoms with Crippen molar-refractivity contribution in [2.45, 2.75) is 55.7 Å². The Bertz CT molecular complexity index is 869. The highest BCUT2D eigenvalue weighted by Crippen LogP contribution is 2.28. The lowest BCUT2D eigenvalue weighted by Crippen LogP contribution is -2.38. The van der Waals surface area contributed by atoms with Gasteiger partial charge in [-0.3, -0.25) is 0 Å². The molecular formula is C18H25N3O3S. The summed E-state index contributed by atoms with van der Waals surface area (Å²) >= 11 is 0. The second kappa shape index (κ2) is 6.70. The molecule has 1 saturated carbocycles. The lowest BCUT2D eigenvalue weighted by molar-refractivity contribution is 0.0551. The van der Waals surface area contributed by atoms with E-state index in [1.54, 1.807) is 12.1 Å². The van der Waals surface area contributed by atoms with E-state index in [1.807, 2.05) is 6.07 Å². The van der Waals surface area contributed by atoms with Crippen molar-refractivity contribution in [1.29, 1.82) is 0 Å². The van der Waals surface area contributed by atoms with Gasteiger partial charge in [0.2, 0.25) is 0 Å². The summed E-state index contributed by atoms with van der Waals surface area (Å²) in [5, 5.41) is 3.70.